The van der Waals surface area contributed by atoms with Crippen molar-refractivity contribution in [1.29, 1.82) is 0 Å². The molecule has 1 saturated heterocycles. The number of piperazine rings is 1. The third-order valence-corrected chi connectivity index (χ3v) is 7.46. The molecule has 2 aromatic heterocycles. The molecule has 1 fully saturated rings. The number of nitrogens with zero attached hydrogens (tertiary/aromatic N) is 4. The van der Waals surface area contributed by atoms with Gasteiger partial charge in [-0.05, 0) is 44.2 Å². The van der Waals surface area contributed by atoms with Crippen LogP contribution in [0.3, 0.4) is 0 Å². The summed E-state index contributed by atoms with van der Waals surface area (Å²) in [5.41, 5.74) is 0.854. The lowest BCUT2D eigenvalue weighted by Gasteiger charge is -2.35. The third kappa shape index (κ3) is 4.12. The number of carbonyl (C=O) groups is 1. The minimum Gasteiger partial charge on any atom is -0.335 e. The summed E-state index contributed by atoms with van der Waals surface area (Å²) in [6.45, 7) is 11.6. The number of hydrogen-bond acceptors (Lipinski definition) is 5. The maximum atomic E-state index is 13.2. The molecule has 2 aliphatic heterocycles. The number of aryl methyl sites for hydroxylation is 2. The van der Waals surface area contributed by atoms with E-state index in [9.17, 15) is 9.59 Å². The van der Waals surface area contributed by atoms with Crippen LogP contribution in [0.4, 0.5) is 0 Å². The highest BCUT2D eigenvalue weighted by atomic mass is 32.1. The first kappa shape index (κ1) is 20.5. The third-order valence-electron chi connectivity index (χ3n) is 6.29. The summed E-state index contributed by atoms with van der Waals surface area (Å²) >= 11 is 1.41. The molecule has 29 heavy (non-hydrogen) atoms. The van der Waals surface area contributed by atoms with E-state index in [-0.39, 0.29) is 11.5 Å². The molecule has 0 aliphatic carbocycles. The SMILES string of the molecule is Cc1c(C(=O)N2CCN(CCC(C)C)CC2)sc2nc3n(c(=O)c12)CCCCC3. The zero-order chi connectivity index (χ0) is 20.5. The molecule has 6 nitrogen and oxygen atoms in total. The molecule has 0 aromatic carbocycles. The van der Waals surface area contributed by atoms with Crippen LogP contribution in [0.1, 0.15) is 60.6 Å². The summed E-state index contributed by atoms with van der Waals surface area (Å²) in [5.74, 6) is 1.66. The maximum Gasteiger partial charge on any atom is 0.264 e. The molecule has 2 aromatic rings. The van der Waals surface area contributed by atoms with E-state index in [1.165, 1.54) is 17.8 Å². The van der Waals surface area contributed by atoms with Gasteiger partial charge in [0.15, 0.2) is 0 Å². The number of fused-ring (bicyclic) bond motifs is 2. The van der Waals surface area contributed by atoms with Gasteiger partial charge in [0.1, 0.15) is 10.7 Å². The Kier molecular flexibility index (Phi) is 6.06. The molecular formula is C22H32N4O2S. The Morgan fingerprint density at radius 1 is 1.10 bits per heavy atom. The second kappa shape index (κ2) is 8.56. The molecule has 0 unspecified atom stereocenters. The molecule has 0 atom stereocenters. The second-order valence-corrected chi connectivity index (χ2v) is 9.85. The van der Waals surface area contributed by atoms with Crippen molar-refractivity contribution in [2.45, 2.75) is 59.4 Å². The van der Waals surface area contributed by atoms with Crippen molar-refractivity contribution in [3.05, 3.63) is 26.6 Å². The van der Waals surface area contributed by atoms with E-state index in [2.05, 4.69) is 18.7 Å². The average Bonchev–Trinajstić information content (AvgIpc) is 2.88. The fourth-order valence-electron chi connectivity index (χ4n) is 4.37. The van der Waals surface area contributed by atoms with Crippen LogP contribution < -0.4 is 5.56 Å². The summed E-state index contributed by atoms with van der Waals surface area (Å²) in [6, 6.07) is 0. The van der Waals surface area contributed by atoms with Gasteiger partial charge in [-0.2, -0.15) is 0 Å². The minimum absolute atomic E-state index is 0.0400. The van der Waals surface area contributed by atoms with E-state index in [1.54, 1.807) is 0 Å². The largest absolute Gasteiger partial charge is 0.335 e. The van der Waals surface area contributed by atoms with Crippen LogP contribution in [-0.4, -0.2) is 58.0 Å². The molecule has 0 radical (unpaired) electrons. The topological polar surface area (TPSA) is 58.4 Å². The predicted octanol–water partition coefficient (Wildman–Crippen LogP) is 3.30. The van der Waals surface area contributed by atoms with E-state index < -0.39 is 0 Å². The molecule has 0 saturated carbocycles. The van der Waals surface area contributed by atoms with Gasteiger partial charge in [0.25, 0.3) is 11.5 Å². The number of rotatable bonds is 4. The number of aromatic nitrogens is 2. The highest BCUT2D eigenvalue weighted by molar-refractivity contribution is 7.20. The van der Waals surface area contributed by atoms with Crippen LogP contribution in [0.25, 0.3) is 10.2 Å². The lowest BCUT2D eigenvalue weighted by atomic mass is 10.1. The number of hydrogen-bond donors (Lipinski definition) is 0. The van der Waals surface area contributed by atoms with Gasteiger partial charge in [-0.15, -0.1) is 11.3 Å². The minimum atomic E-state index is 0.0400. The summed E-state index contributed by atoms with van der Waals surface area (Å²) in [5, 5.41) is 0.652. The molecule has 0 N–H and O–H groups in total. The number of amides is 1. The van der Waals surface area contributed by atoms with Crippen LogP contribution in [0.2, 0.25) is 0 Å². The van der Waals surface area contributed by atoms with Gasteiger partial charge in [0.2, 0.25) is 0 Å². The zero-order valence-electron chi connectivity index (χ0n) is 17.9. The van der Waals surface area contributed by atoms with E-state index in [1.807, 2.05) is 16.4 Å². The van der Waals surface area contributed by atoms with Crippen molar-refractivity contribution in [1.82, 2.24) is 19.4 Å². The number of thiophene rings is 1. The monoisotopic (exact) mass is 416 g/mol. The Labute approximate surface area is 176 Å². The van der Waals surface area contributed by atoms with Crippen molar-refractivity contribution in [3.63, 3.8) is 0 Å². The smallest absolute Gasteiger partial charge is 0.264 e. The van der Waals surface area contributed by atoms with Gasteiger partial charge in [0, 0.05) is 39.1 Å². The van der Waals surface area contributed by atoms with Crippen LogP contribution in [0, 0.1) is 12.8 Å². The standard InChI is InChI=1S/C22H32N4O2S/c1-15(2)8-10-24-11-13-25(14-12-24)22(28)19-16(3)18-20(29-19)23-17-7-5-4-6-9-26(17)21(18)27/h15H,4-14H2,1-3H3. The highest BCUT2D eigenvalue weighted by Gasteiger charge is 2.27. The van der Waals surface area contributed by atoms with E-state index in [4.69, 9.17) is 4.98 Å². The summed E-state index contributed by atoms with van der Waals surface area (Å²) in [7, 11) is 0. The summed E-state index contributed by atoms with van der Waals surface area (Å²) < 4.78 is 1.84. The summed E-state index contributed by atoms with van der Waals surface area (Å²) in [6.07, 6.45) is 5.29. The Bertz CT molecular complexity index is 954. The Morgan fingerprint density at radius 2 is 1.86 bits per heavy atom. The molecule has 0 bridgehead atoms. The van der Waals surface area contributed by atoms with Crippen LogP contribution in [0.15, 0.2) is 4.79 Å². The fraction of sp³-hybridized carbons (Fsp3) is 0.682. The van der Waals surface area contributed by atoms with Crippen molar-refractivity contribution in [2.24, 2.45) is 5.92 Å². The summed E-state index contributed by atoms with van der Waals surface area (Å²) in [4.78, 5) is 37.0. The quantitative estimate of drug-likeness (QED) is 0.767. The van der Waals surface area contributed by atoms with Crippen LogP contribution in [-0.2, 0) is 13.0 Å². The molecule has 4 heterocycles. The van der Waals surface area contributed by atoms with Crippen molar-refractivity contribution in [2.75, 3.05) is 32.7 Å². The van der Waals surface area contributed by atoms with Gasteiger partial charge >= 0.3 is 0 Å². The predicted molar refractivity (Wildman–Crippen MR) is 118 cm³/mol. The van der Waals surface area contributed by atoms with Crippen molar-refractivity contribution < 1.29 is 4.79 Å². The Balaban J connectivity index is 1.55. The Morgan fingerprint density at radius 3 is 2.59 bits per heavy atom. The van der Waals surface area contributed by atoms with Crippen LogP contribution >= 0.6 is 11.3 Å². The maximum absolute atomic E-state index is 13.2. The molecule has 2 aliphatic rings. The van der Waals surface area contributed by atoms with Gasteiger partial charge in [-0.3, -0.25) is 19.1 Å². The van der Waals surface area contributed by atoms with Gasteiger partial charge < -0.3 is 4.90 Å². The normalized spacial score (nSPS) is 18.3. The first-order valence-electron chi connectivity index (χ1n) is 11.0. The van der Waals surface area contributed by atoms with E-state index in [0.717, 1.165) is 81.2 Å². The molecule has 4 rings (SSSR count). The molecule has 1 amide bonds. The first-order chi connectivity index (χ1) is 14.0. The molecule has 158 valence electrons. The van der Waals surface area contributed by atoms with E-state index in [0.29, 0.717) is 16.2 Å². The molecule has 7 heteroatoms. The molecule has 0 spiro atoms. The molecular weight excluding hydrogens is 384 g/mol. The van der Waals surface area contributed by atoms with E-state index >= 15 is 0 Å². The van der Waals surface area contributed by atoms with Gasteiger partial charge in [0.05, 0.1) is 10.3 Å². The fourth-order valence-corrected chi connectivity index (χ4v) is 5.53. The lowest BCUT2D eigenvalue weighted by Crippen LogP contribution is -2.48. The highest BCUT2D eigenvalue weighted by Crippen LogP contribution is 2.29. The van der Waals surface area contributed by atoms with Crippen molar-refractivity contribution >= 4 is 27.5 Å². The first-order valence-corrected chi connectivity index (χ1v) is 11.8. The lowest BCUT2D eigenvalue weighted by molar-refractivity contribution is 0.0636. The number of carbonyl (C=O) groups excluding carboxylic acids is 1. The van der Waals surface area contributed by atoms with Crippen LogP contribution in [0.5, 0.6) is 0 Å². The average molecular weight is 417 g/mol. The van der Waals surface area contributed by atoms with Crippen molar-refractivity contribution in [3.8, 4) is 0 Å². The zero-order valence-corrected chi connectivity index (χ0v) is 18.7. The Hall–Kier alpha value is -1.73. The second-order valence-electron chi connectivity index (χ2n) is 8.85. The van der Waals surface area contributed by atoms with Gasteiger partial charge in [-0.25, -0.2) is 4.98 Å². The van der Waals surface area contributed by atoms with Gasteiger partial charge in [-0.1, -0.05) is 20.3 Å².